The van der Waals surface area contributed by atoms with Crippen molar-refractivity contribution in [2.75, 3.05) is 20.8 Å². The van der Waals surface area contributed by atoms with Crippen LogP contribution in [-0.4, -0.2) is 43.5 Å². The SMILES string of the molecule is CNC(=O)CC1=CC=C/C(=N\OC)C1COc1nc(C(F)C(F)(F)F)sc1C. The number of rotatable bonds is 7. The summed E-state index contributed by atoms with van der Waals surface area (Å²) in [5.41, 5.74) is 1.17. The van der Waals surface area contributed by atoms with E-state index in [9.17, 15) is 22.4 Å². The predicted molar refractivity (Wildman–Crippen MR) is 96.1 cm³/mol. The lowest BCUT2D eigenvalue weighted by molar-refractivity contribution is -0.182. The minimum Gasteiger partial charge on any atom is -0.476 e. The quantitative estimate of drug-likeness (QED) is 0.539. The fourth-order valence-electron chi connectivity index (χ4n) is 2.49. The van der Waals surface area contributed by atoms with Crippen LogP contribution >= 0.6 is 11.3 Å². The Labute approximate surface area is 162 Å². The number of nitrogens with zero attached hydrogens (tertiary/aromatic N) is 2. The lowest BCUT2D eigenvalue weighted by Crippen LogP contribution is -2.28. The van der Waals surface area contributed by atoms with Crippen LogP contribution in [-0.2, 0) is 9.63 Å². The highest BCUT2D eigenvalue weighted by atomic mass is 32.1. The van der Waals surface area contributed by atoms with Crippen LogP contribution in [0.15, 0.2) is 29.0 Å². The smallest absolute Gasteiger partial charge is 0.426 e. The Morgan fingerprint density at radius 3 is 2.79 bits per heavy atom. The van der Waals surface area contributed by atoms with Crippen LogP contribution in [0.25, 0.3) is 0 Å². The number of allylic oxidation sites excluding steroid dienone is 3. The zero-order valence-corrected chi connectivity index (χ0v) is 16.2. The average Bonchev–Trinajstić information content (AvgIpc) is 3.00. The van der Waals surface area contributed by atoms with Gasteiger partial charge in [-0.25, -0.2) is 9.37 Å². The molecule has 2 atom stereocenters. The van der Waals surface area contributed by atoms with Crippen molar-refractivity contribution in [3.63, 3.8) is 0 Å². The number of hydrogen-bond donors (Lipinski definition) is 1. The molecule has 2 unspecified atom stereocenters. The van der Waals surface area contributed by atoms with Crippen LogP contribution in [0.5, 0.6) is 5.88 Å². The van der Waals surface area contributed by atoms with Gasteiger partial charge in [-0.3, -0.25) is 4.79 Å². The highest BCUT2D eigenvalue weighted by Crippen LogP contribution is 2.40. The molecule has 0 aromatic carbocycles. The van der Waals surface area contributed by atoms with Crippen molar-refractivity contribution in [1.29, 1.82) is 0 Å². The van der Waals surface area contributed by atoms with Gasteiger partial charge in [-0.1, -0.05) is 17.3 Å². The van der Waals surface area contributed by atoms with E-state index < -0.39 is 23.3 Å². The summed E-state index contributed by atoms with van der Waals surface area (Å²) in [7, 11) is 2.87. The van der Waals surface area contributed by atoms with Crippen LogP contribution < -0.4 is 10.1 Å². The largest absolute Gasteiger partial charge is 0.476 e. The van der Waals surface area contributed by atoms with Gasteiger partial charge in [0.25, 0.3) is 0 Å². The maximum Gasteiger partial charge on any atom is 0.426 e. The average molecular weight is 421 g/mol. The van der Waals surface area contributed by atoms with E-state index in [2.05, 4.69) is 15.5 Å². The summed E-state index contributed by atoms with van der Waals surface area (Å²) in [4.78, 5) is 20.5. The molecule has 0 radical (unpaired) electrons. The number of hydrogen-bond acceptors (Lipinski definition) is 6. The van der Waals surface area contributed by atoms with Crippen molar-refractivity contribution in [2.24, 2.45) is 11.1 Å². The summed E-state index contributed by atoms with van der Waals surface area (Å²) in [5, 5.41) is 5.70. The van der Waals surface area contributed by atoms with E-state index in [0.29, 0.717) is 27.5 Å². The van der Waals surface area contributed by atoms with Gasteiger partial charge in [-0.15, -0.1) is 11.3 Å². The molecular formula is C17H19F4N3O3S. The zero-order chi connectivity index (χ0) is 20.9. The molecule has 1 aliphatic rings. The van der Waals surface area contributed by atoms with Crippen LogP contribution in [0, 0.1) is 12.8 Å². The summed E-state index contributed by atoms with van der Waals surface area (Å²) >= 11 is 0.583. The predicted octanol–water partition coefficient (Wildman–Crippen LogP) is 3.65. The van der Waals surface area contributed by atoms with Gasteiger partial charge in [0, 0.05) is 13.5 Å². The molecule has 1 heterocycles. The maximum absolute atomic E-state index is 13.5. The van der Waals surface area contributed by atoms with Gasteiger partial charge in [0.1, 0.15) is 18.7 Å². The topological polar surface area (TPSA) is 72.8 Å². The first-order chi connectivity index (χ1) is 13.2. The molecule has 1 N–H and O–H groups in total. The van der Waals surface area contributed by atoms with Crippen LogP contribution in [0.2, 0.25) is 0 Å². The number of aryl methyl sites for hydroxylation is 1. The van der Waals surface area contributed by atoms with Crippen LogP contribution in [0.1, 0.15) is 22.5 Å². The van der Waals surface area contributed by atoms with Crippen molar-refractivity contribution in [1.82, 2.24) is 10.3 Å². The number of thiazole rings is 1. The second kappa shape index (κ2) is 9.18. The Morgan fingerprint density at radius 2 is 2.18 bits per heavy atom. The molecule has 0 bridgehead atoms. The van der Waals surface area contributed by atoms with Gasteiger partial charge in [-0.05, 0) is 18.6 Å². The molecule has 0 fully saturated rings. The fraction of sp³-hybridized carbons (Fsp3) is 0.471. The number of ether oxygens (including phenoxy) is 1. The summed E-state index contributed by atoms with van der Waals surface area (Å²) in [5.74, 6) is -0.783. The van der Waals surface area contributed by atoms with Crippen LogP contribution in [0.4, 0.5) is 17.6 Å². The molecule has 6 nitrogen and oxygen atoms in total. The third-order valence-electron chi connectivity index (χ3n) is 3.88. The van der Waals surface area contributed by atoms with E-state index >= 15 is 0 Å². The van der Waals surface area contributed by atoms with Gasteiger partial charge in [0.15, 0.2) is 0 Å². The Kier molecular flexibility index (Phi) is 7.17. The Hall–Kier alpha value is -2.43. The molecule has 0 saturated carbocycles. The summed E-state index contributed by atoms with van der Waals surface area (Å²) < 4.78 is 56.8. The summed E-state index contributed by atoms with van der Waals surface area (Å²) in [6.07, 6.45) is -3.00. The molecule has 0 aliphatic heterocycles. The summed E-state index contributed by atoms with van der Waals surface area (Å²) in [6, 6.07) is 0. The zero-order valence-electron chi connectivity index (χ0n) is 15.3. The monoisotopic (exact) mass is 421 g/mol. The van der Waals surface area contributed by atoms with E-state index in [4.69, 9.17) is 9.57 Å². The molecular weight excluding hydrogens is 402 g/mol. The van der Waals surface area contributed by atoms with Gasteiger partial charge in [0.05, 0.1) is 16.5 Å². The van der Waals surface area contributed by atoms with Gasteiger partial charge < -0.3 is 14.9 Å². The number of halogens is 4. The number of aromatic nitrogens is 1. The van der Waals surface area contributed by atoms with E-state index in [-0.39, 0.29) is 24.8 Å². The number of alkyl halides is 4. The lowest BCUT2D eigenvalue weighted by atomic mass is 9.88. The van der Waals surface area contributed by atoms with Gasteiger partial charge in [-0.2, -0.15) is 13.2 Å². The highest BCUT2D eigenvalue weighted by molar-refractivity contribution is 7.11. The van der Waals surface area contributed by atoms with Gasteiger partial charge >= 0.3 is 6.18 Å². The highest BCUT2D eigenvalue weighted by Gasteiger charge is 2.43. The molecule has 1 aromatic heterocycles. The number of carbonyl (C=O) groups excluding carboxylic acids is 1. The normalized spacial score (nSPS) is 19.3. The first kappa shape index (κ1) is 21.9. The molecule has 1 amide bonds. The molecule has 0 spiro atoms. The van der Waals surface area contributed by atoms with Crippen molar-refractivity contribution < 1.29 is 31.9 Å². The molecule has 1 aromatic rings. The Bertz CT molecular complexity index is 802. The molecule has 11 heteroatoms. The van der Waals surface area contributed by atoms with Gasteiger partial charge in [0.2, 0.25) is 18.0 Å². The van der Waals surface area contributed by atoms with Crippen molar-refractivity contribution >= 4 is 23.0 Å². The third-order valence-corrected chi connectivity index (χ3v) is 4.87. The van der Waals surface area contributed by atoms with Crippen LogP contribution in [0.3, 0.4) is 0 Å². The first-order valence-corrected chi connectivity index (χ1v) is 8.98. The van der Waals surface area contributed by atoms with E-state index in [0.717, 1.165) is 0 Å². The minimum atomic E-state index is -5.03. The van der Waals surface area contributed by atoms with E-state index in [1.54, 1.807) is 18.2 Å². The number of carbonyl (C=O) groups is 1. The number of amides is 1. The third kappa shape index (κ3) is 5.31. The van der Waals surface area contributed by atoms with Crippen molar-refractivity contribution in [2.45, 2.75) is 25.7 Å². The first-order valence-electron chi connectivity index (χ1n) is 8.17. The minimum absolute atomic E-state index is 0.0532. The second-order valence-corrected chi connectivity index (χ2v) is 7.07. The Morgan fingerprint density at radius 1 is 1.46 bits per heavy atom. The molecule has 154 valence electrons. The molecule has 1 aliphatic carbocycles. The maximum atomic E-state index is 13.5. The standard InChI is InChI=1S/C17H19F4N3O3S/c1-9-15(23-16(28-9)14(18)17(19,20)21)27-8-11-10(7-13(25)22-2)5-4-6-12(11)24-26-3/h4-6,11,14H,7-8H2,1-3H3,(H,22,25)/b24-12+. The lowest BCUT2D eigenvalue weighted by Gasteiger charge is -2.22. The Balaban J connectivity index is 2.19. The molecule has 0 saturated heterocycles. The summed E-state index contributed by atoms with van der Waals surface area (Å²) in [6.45, 7) is 1.44. The van der Waals surface area contributed by atoms with E-state index in [1.165, 1.54) is 21.1 Å². The molecule has 2 rings (SSSR count). The van der Waals surface area contributed by atoms with Crippen molar-refractivity contribution in [3.8, 4) is 5.88 Å². The fourth-order valence-corrected chi connectivity index (χ4v) is 3.36. The number of oxime groups is 1. The van der Waals surface area contributed by atoms with Crippen molar-refractivity contribution in [3.05, 3.63) is 33.7 Å². The molecule has 28 heavy (non-hydrogen) atoms. The second-order valence-electron chi connectivity index (χ2n) is 5.83. The number of nitrogens with one attached hydrogen (secondary N) is 1. The van der Waals surface area contributed by atoms with E-state index in [1.807, 2.05) is 0 Å².